The molecule has 1 heterocycles. The zero-order valence-corrected chi connectivity index (χ0v) is 11.8. The van der Waals surface area contributed by atoms with Crippen molar-refractivity contribution in [3.05, 3.63) is 0 Å². The summed E-state index contributed by atoms with van der Waals surface area (Å²) in [6.07, 6.45) is 8.38. The molecule has 0 bridgehead atoms. The van der Waals surface area contributed by atoms with Crippen LogP contribution in [0, 0.1) is 11.8 Å². The Balaban J connectivity index is 1.91. The maximum absolute atomic E-state index is 11.1. The summed E-state index contributed by atoms with van der Waals surface area (Å²) in [4.78, 5) is 13.7. The molecule has 4 atom stereocenters. The van der Waals surface area contributed by atoms with Crippen molar-refractivity contribution in [2.75, 3.05) is 6.54 Å². The summed E-state index contributed by atoms with van der Waals surface area (Å²) >= 11 is 0. The van der Waals surface area contributed by atoms with Gasteiger partial charge in [0.25, 0.3) is 0 Å². The van der Waals surface area contributed by atoms with Crippen LogP contribution >= 0.6 is 0 Å². The van der Waals surface area contributed by atoms with E-state index in [-0.39, 0.29) is 5.92 Å². The third-order valence-electron chi connectivity index (χ3n) is 5.08. The van der Waals surface area contributed by atoms with Crippen LogP contribution in [0.5, 0.6) is 0 Å². The first kappa shape index (κ1) is 13.9. The van der Waals surface area contributed by atoms with E-state index in [0.29, 0.717) is 12.1 Å². The highest BCUT2D eigenvalue weighted by molar-refractivity contribution is 5.70. The molecule has 1 aliphatic carbocycles. The summed E-state index contributed by atoms with van der Waals surface area (Å²) in [5.41, 5.74) is 0. The van der Waals surface area contributed by atoms with Crippen LogP contribution < -0.4 is 0 Å². The van der Waals surface area contributed by atoms with E-state index in [9.17, 15) is 4.79 Å². The first-order valence-corrected chi connectivity index (χ1v) is 7.60. The minimum Gasteiger partial charge on any atom is -0.481 e. The summed E-state index contributed by atoms with van der Waals surface area (Å²) in [7, 11) is 0. The molecule has 3 heteroatoms. The van der Waals surface area contributed by atoms with Crippen molar-refractivity contribution in [1.82, 2.24) is 4.90 Å². The fourth-order valence-electron chi connectivity index (χ4n) is 3.89. The van der Waals surface area contributed by atoms with E-state index in [4.69, 9.17) is 5.11 Å². The molecule has 1 saturated carbocycles. The van der Waals surface area contributed by atoms with Gasteiger partial charge in [-0.15, -0.1) is 0 Å². The molecule has 18 heavy (non-hydrogen) atoms. The SMILES string of the molecule is CCC1CCCC(N2CCC(C(=O)O)CC2C)C1. The number of likely N-dealkylation sites (tertiary alicyclic amines) is 1. The number of rotatable bonds is 3. The molecule has 0 aromatic carbocycles. The van der Waals surface area contributed by atoms with Gasteiger partial charge in [0.15, 0.2) is 0 Å². The first-order chi connectivity index (χ1) is 8.61. The zero-order valence-electron chi connectivity index (χ0n) is 11.8. The summed E-state index contributed by atoms with van der Waals surface area (Å²) in [6.45, 7) is 5.50. The van der Waals surface area contributed by atoms with E-state index in [0.717, 1.165) is 25.3 Å². The highest BCUT2D eigenvalue weighted by Gasteiger charge is 2.35. The Morgan fingerprint density at radius 1 is 1.28 bits per heavy atom. The largest absolute Gasteiger partial charge is 0.481 e. The Labute approximate surface area is 111 Å². The Morgan fingerprint density at radius 2 is 2.06 bits per heavy atom. The molecule has 1 N–H and O–H groups in total. The summed E-state index contributed by atoms with van der Waals surface area (Å²) in [6, 6.07) is 1.16. The topological polar surface area (TPSA) is 40.5 Å². The molecular formula is C15H27NO2. The van der Waals surface area contributed by atoms with Gasteiger partial charge in [-0.25, -0.2) is 0 Å². The maximum atomic E-state index is 11.1. The second-order valence-electron chi connectivity index (χ2n) is 6.24. The van der Waals surface area contributed by atoms with Crippen molar-refractivity contribution in [2.24, 2.45) is 11.8 Å². The Morgan fingerprint density at radius 3 is 2.67 bits per heavy atom. The van der Waals surface area contributed by atoms with Crippen molar-refractivity contribution in [3.63, 3.8) is 0 Å². The van der Waals surface area contributed by atoms with Gasteiger partial charge in [0.1, 0.15) is 0 Å². The van der Waals surface area contributed by atoms with E-state index < -0.39 is 5.97 Å². The van der Waals surface area contributed by atoms with E-state index in [1.807, 2.05) is 0 Å². The quantitative estimate of drug-likeness (QED) is 0.840. The minimum absolute atomic E-state index is 0.109. The van der Waals surface area contributed by atoms with Gasteiger partial charge >= 0.3 is 5.97 Å². The van der Waals surface area contributed by atoms with Crippen molar-refractivity contribution >= 4 is 5.97 Å². The molecule has 2 fully saturated rings. The standard InChI is InChI=1S/C15H27NO2/c1-3-12-5-4-6-14(10-12)16-8-7-13(15(17)18)9-11(16)2/h11-14H,3-10H2,1-2H3,(H,17,18). The van der Waals surface area contributed by atoms with E-state index >= 15 is 0 Å². The molecule has 3 nitrogen and oxygen atoms in total. The van der Waals surface area contributed by atoms with Crippen molar-refractivity contribution in [2.45, 2.75) is 70.9 Å². The van der Waals surface area contributed by atoms with Gasteiger partial charge in [0, 0.05) is 12.1 Å². The van der Waals surface area contributed by atoms with Gasteiger partial charge in [0.2, 0.25) is 0 Å². The summed E-state index contributed by atoms with van der Waals surface area (Å²) < 4.78 is 0. The number of piperidine rings is 1. The average Bonchev–Trinajstić information content (AvgIpc) is 2.38. The van der Waals surface area contributed by atoms with E-state index in [1.54, 1.807) is 0 Å². The second kappa shape index (κ2) is 6.05. The Kier molecular flexibility index (Phi) is 4.66. The lowest BCUT2D eigenvalue weighted by molar-refractivity contribution is -0.144. The van der Waals surface area contributed by atoms with Crippen molar-refractivity contribution in [1.29, 1.82) is 0 Å². The number of carbonyl (C=O) groups is 1. The summed E-state index contributed by atoms with van der Waals surface area (Å²) in [5, 5.41) is 9.11. The first-order valence-electron chi connectivity index (χ1n) is 7.60. The molecule has 0 spiro atoms. The molecule has 1 aliphatic heterocycles. The number of aliphatic carboxylic acids is 1. The van der Waals surface area contributed by atoms with Crippen LogP contribution in [0.4, 0.5) is 0 Å². The third-order valence-corrected chi connectivity index (χ3v) is 5.08. The van der Waals surface area contributed by atoms with Crippen LogP contribution in [0.2, 0.25) is 0 Å². The van der Waals surface area contributed by atoms with Crippen LogP contribution in [0.1, 0.15) is 58.8 Å². The number of carboxylic acid groups (broad SMARTS) is 1. The minimum atomic E-state index is -0.600. The molecule has 0 aromatic heterocycles. The van der Waals surface area contributed by atoms with Crippen molar-refractivity contribution < 1.29 is 9.90 Å². The van der Waals surface area contributed by atoms with Gasteiger partial charge in [0.05, 0.1) is 5.92 Å². The van der Waals surface area contributed by atoms with Gasteiger partial charge in [-0.2, -0.15) is 0 Å². The normalized spacial score (nSPS) is 38.6. The lowest BCUT2D eigenvalue weighted by Crippen LogP contribution is -2.49. The zero-order chi connectivity index (χ0) is 13.1. The molecular weight excluding hydrogens is 226 g/mol. The third kappa shape index (κ3) is 3.05. The molecule has 1 saturated heterocycles. The average molecular weight is 253 g/mol. The number of hydrogen-bond acceptors (Lipinski definition) is 2. The smallest absolute Gasteiger partial charge is 0.306 e. The van der Waals surface area contributed by atoms with Gasteiger partial charge in [-0.1, -0.05) is 26.2 Å². The van der Waals surface area contributed by atoms with E-state index in [1.165, 1.54) is 32.1 Å². The van der Waals surface area contributed by atoms with E-state index in [2.05, 4.69) is 18.7 Å². The Bertz CT molecular complexity index is 292. The molecule has 0 aromatic rings. The fraction of sp³-hybridized carbons (Fsp3) is 0.933. The lowest BCUT2D eigenvalue weighted by Gasteiger charge is -2.44. The predicted molar refractivity (Wildman–Crippen MR) is 72.6 cm³/mol. The number of hydrogen-bond donors (Lipinski definition) is 1. The second-order valence-corrected chi connectivity index (χ2v) is 6.24. The van der Waals surface area contributed by atoms with Crippen LogP contribution in [-0.2, 0) is 4.79 Å². The molecule has 0 radical (unpaired) electrons. The predicted octanol–water partition coefficient (Wildman–Crippen LogP) is 3.14. The van der Waals surface area contributed by atoms with Crippen LogP contribution in [0.15, 0.2) is 0 Å². The van der Waals surface area contributed by atoms with Gasteiger partial charge in [-0.05, 0) is 45.1 Å². The van der Waals surface area contributed by atoms with Crippen molar-refractivity contribution in [3.8, 4) is 0 Å². The molecule has 104 valence electrons. The highest BCUT2D eigenvalue weighted by Crippen LogP contribution is 2.34. The molecule has 2 rings (SSSR count). The molecule has 4 unspecified atom stereocenters. The Hall–Kier alpha value is -0.570. The highest BCUT2D eigenvalue weighted by atomic mass is 16.4. The lowest BCUT2D eigenvalue weighted by atomic mass is 9.81. The van der Waals surface area contributed by atoms with Gasteiger partial charge < -0.3 is 5.11 Å². The van der Waals surface area contributed by atoms with Crippen LogP contribution in [0.25, 0.3) is 0 Å². The number of nitrogens with zero attached hydrogens (tertiary/aromatic N) is 1. The van der Waals surface area contributed by atoms with Gasteiger partial charge in [-0.3, -0.25) is 9.69 Å². The maximum Gasteiger partial charge on any atom is 0.306 e. The monoisotopic (exact) mass is 253 g/mol. The van der Waals surface area contributed by atoms with Crippen LogP contribution in [-0.4, -0.2) is 34.6 Å². The van der Waals surface area contributed by atoms with Crippen LogP contribution in [0.3, 0.4) is 0 Å². The fourth-order valence-corrected chi connectivity index (χ4v) is 3.89. The summed E-state index contributed by atoms with van der Waals surface area (Å²) in [5.74, 6) is 0.187. The molecule has 0 amide bonds. The molecule has 2 aliphatic rings. The number of carboxylic acids is 1.